The third kappa shape index (κ3) is 3.84. The number of hydrogen-bond acceptors (Lipinski definition) is 5. The van der Waals surface area contributed by atoms with Gasteiger partial charge in [0.1, 0.15) is 18.1 Å². The number of para-hydroxylation sites is 1. The number of fused-ring (bicyclic) bond motifs is 2. The Labute approximate surface area is 192 Å². The normalized spacial score (nSPS) is 24.9. The van der Waals surface area contributed by atoms with E-state index < -0.39 is 12.1 Å². The van der Waals surface area contributed by atoms with Crippen LogP contribution in [0.2, 0.25) is 0 Å². The average Bonchev–Trinajstić information content (AvgIpc) is 3.16. The van der Waals surface area contributed by atoms with Crippen molar-refractivity contribution in [3.05, 3.63) is 113 Å². The van der Waals surface area contributed by atoms with Crippen molar-refractivity contribution in [1.29, 1.82) is 0 Å². The highest BCUT2D eigenvalue weighted by Gasteiger charge is 2.54. The zero-order chi connectivity index (χ0) is 22.3. The monoisotopic (exact) mass is 440 g/mol. The van der Waals surface area contributed by atoms with Crippen molar-refractivity contribution < 1.29 is 23.7 Å². The molecule has 3 heterocycles. The molecule has 0 aliphatic carbocycles. The average molecular weight is 440 g/mol. The third-order valence-corrected chi connectivity index (χ3v) is 6.45. The molecule has 0 bridgehead atoms. The molecular weight excluding hydrogens is 416 g/mol. The molecule has 3 aliphatic rings. The van der Waals surface area contributed by atoms with Gasteiger partial charge in [-0.15, -0.1) is 0 Å². The number of carbonyl (C=O) groups is 1. The Morgan fingerprint density at radius 2 is 1.33 bits per heavy atom. The van der Waals surface area contributed by atoms with Gasteiger partial charge in [-0.2, -0.15) is 0 Å². The van der Waals surface area contributed by atoms with Gasteiger partial charge in [-0.1, -0.05) is 72.8 Å². The smallest absolute Gasteiger partial charge is 0.331 e. The summed E-state index contributed by atoms with van der Waals surface area (Å²) in [5.41, 5.74) is 3.40. The van der Waals surface area contributed by atoms with Gasteiger partial charge in [0.2, 0.25) is 0 Å². The van der Waals surface area contributed by atoms with Crippen LogP contribution in [0.1, 0.15) is 27.9 Å². The van der Waals surface area contributed by atoms with Crippen molar-refractivity contribution >= 4 is 5.78 Å². The van der Waals surface area contributed by atoms with E-state index in [-0.39, 0.29) is 24.4 Å². The van der Waals surface area contributed by atoms with Crippen LogP contribution in [0.15, 0.2) is 96.8 Å². The van der Waals surface area contributed by atoms with E-state index in [2.05, 4.69) is 24.3 Å². The zero-order valence-corrected chi connectivity index (χ0v) is 18.1. The lowest BCUT2D eigenvalue weighted by molar-refractivity contribution is -0.332. The molecule has 1 fully saturated rings. The molecule has 0 unspecified atom stereocenters. The van der Waals surface area contributed by atoms with Crippen LogP contribution in [0.3, 0.4) is 0 Å². The first kappa shape index (κ1) is 20.2. The van der Waals surface area contributed by atoms with Gasteiger partial charge >= 0.3 is 5.97 Å². The van der Waals surface area contributed by atoms with E-state index in [1.165, 1.54) is 17.4 Å². The van der Waals surface area contributed by atoms with Gasteiger partial charge in [0, 0.05) is 12.8 Å². The molecular formula is C28H24O5. The van der Waals surface area contributed by atoms with Crippen molar-refractivity contribution in [2.75, 3.05) is 0 Å². The minimum Gasteiger partial charge on any atom is -0.484 e. The van der Waals surface area contributed by atoms with Crippen molar-refractivity contribution in [3.8, 4) is 5.75 Å². The first-order valence-corrected chi connectivity index (χ1v) is 11.3. The summed E-state index contributed by atoms with van der Waals surface area (Å²) < 4.78 is 25.1. The van der Waals surface area contributed by atoms with Gasteiger partial charge in [0.25, 0.3) is 0 Å². The van der Waals surface area contributed by atoms with Crippen molar-refractivity contribution in [2.24, 2.45) is 0 Å². The van der Waals surface area contributed by atoms with E-state index in [9.17, 15) is 4.79 Å². The highest BCUT2D eigenvalue weighted by molar-refractivity contribution is 6.12. The van der Waals surface area contributed by atoms with Gasteiger partial charge in [0.15, 0.2) is 5.78 Å². The Balaban J connectivity index is 1.28. The molecule has 3 aliphatic heterocycles. The fourth-order valence-electron chi connectivity index (χ4n) is 4.82. The number of benzene rings is 3. The number of ether oxygens (including phenoxy) is 4. The van der Waals surface area contributed by atoms with Crippen LogP contribution in [-0.2, 0) is 27.1 Å². The molecule has 5 heteroatoms. The molecule has 33 heavy (non-hydrogen) atoms. The first-order chi connectivity index (χ1) is 16.2. The van der Waals surface area contributed by atoms with Crippen LogP contribution in [0.25, 0.3) is 0 Å². The molecule has 3 aromatic carbocycles. The maximum atomic E-state index is 13.0. The summed E-state index contributed by atoms with van der Waals surface area (Å²) >= 11 is 0. The van der Waals surface area contributed by atoms with E-state index in [0.29, 0.717) is 29.7 Å². The van der Waals surface area contributed by atoms with Crippen LogP contribution in [0.5, 0.6) is 5.75 Å². The third-order valence-electron chi connectivity index (χ3n) is 6.45. The molecule has 6 rings (SSSR count). The molecule has 0 saturated carbocycles. The molecule has 3 atom stereocenters. The Kier molecular flexibility index (Phi) is 5.01. The van der Waals surface area contributed by atoms with Crippen LogP contribution >= 0.6 is 0 Å². The van der Waals surface area contributed by atoms with Crippen LogP contribution in [0, 0.1) is 0 Å². The van der Waals surface area contributed by atoms with Crippen molar-refractivity contribution in [3.63, 3.8) is 0 Å². The quantitative estimate of drug-likeness (QED) is 0.580. The summed E-state index contributed by atoms with van der Waals surface area (Å²) in [5, 5.41) is 0. The van der Waals surface area contributed by atoms with E-state index in [0.717, 1.165) is 0 Å². The second kappa shape index (κ2) is 8.18. The van der Waals surface area contributed by atoms with Gasteiger partial charge in [0.05, 0.1) is 29.8 Å². The second-order valence-electron chi connectivity index (χ2n) is 8.70. The summed E-state index contributed by atoms with van der Waals surface area (Å²) in [6.45, 7) is 0. The number of ketones is 1. The van der Waals surface area contributed by atoms with Crippen LogP contribution in [-0.4, -0.2) is 30.1 Å². The molecule has 5 nitrogen and oxygen atoms in total. The van der Waals surface area contributed by atoms with Gasteiger partial charge in [-0.25, -0.2) is 0 Å². The Morgan fingerprint density at radius 1 is 0.758 bits per heavy atom. The van der Waals surface area contributed by atoms with Gasteiger partial charge in [-0.05, 0) is 23.3 Å². The summed E-state index contributed by atoms with van der Waals surface area (Å²) in [6.07, 6.45) is 2.28. The molecule has 1 saturated heterocycles. The molecule has 0 amide bonds. The SMILES string of the molecule is O=C1C2=COC3(C[C@H]2Oc2ccccc21)O[C@@H](Cc1ccccc1)[C@H](Cc1ccccc1)O3. The van der Waals surface area contributed by atoms with E-state index in [1.807, 2.05) is 54.6 Å². The van der Waals surface area contributed by atoms with Crippen molar-refractivity contribution in [1.82, 2.24) is 0 Å². The van der Waals surface area contributed by atoms with E-state index in [4.69, 9.17) is 18.9 Å². The number of rotatable bonds is 4. The Bertz CT molecular complexity index is 1140. The fourth-order valence-corrected chi connectivity index (χ4v) is 4.82. The van der Waals surface area contributed by atoms with Gasteiger partial charge in [-0.3, -0.25) is 4.79 Å². The highest BCUT2D eigenvalue weighted by Crippen LogP contribution is 2.44. The van der Waals surface area contributed by atoms with E-state index >= 15 is 0 Å². The fraction of sp³-hybridized carbons (Fsp3) is 0.250. The highest BCUT2D eigenvalue weighted by atomic mass is 16.9. The summed E-state index contributed by atoms with van der Waals surface area (Å²) in [4.78, 5) is 13.0. The van der Waals surface area contributed by atoms with E-state index in [1.54, 1.807) is 6.07 Å². The maximum absolute atomic E-state index is 13.0. The first-order valence-electron chi connectivity index (χ1n) is 11.3. The second-order valence-corrected chi connectivity index (χ2v) is 8.70. The van der Waals surface area contributed by atoms with Crippen molar-refractivity contribution in [2.45, 2.75) is 43.5 Å². The lowest BCUT2D eigenvalue weighted by Crippen LogP contribution is -2.46. The van der Waals surface area contributed by atoms with Crippen LogP contribution in [0.4, 0.5) is 0 Å². The number of Topliss-reactive ketones (excluding diaryl/α,β-unsaturated/α-hetero) is 1. The number of carbonyl (C=O) groups excluding carboxylic acids is 1. The zero-order valence-electron chi connectivity index (χ0n) is 18.1. The number of hydrogen-bond donors (Lipinski definition) is 0. The molecule has 0 aromatic heterocycles. The van der Waals surface area contributed by atoms with Crippen LogP contribution < -0.4 is 4.74 Å². The summed E-state index contributed by atoms with van der Waals surface area (Å²) in [5.74, 6) is -0.766. The maximum Gasteiger partial charge on any atom is 0.331 e. The van der Waals surface area contributed by atoms with Gasteiger partial charge < -0.3 is 18.9 Å². The molecule has 1 spiro atoms. The predicted octanol–water partition coefficient (Wildman–Crippen LogP) is 4.86. The predicted molar refractivity (Wildman–Crippen MR) is 122 cm³/mol. The Morgan fingerprint density at radius 3 is 1.97 bits per heavy atom. The largest absolute Gasteiger partial charge is 0.484 e. The Hall–Kier alpha value is -3.41. The minimum atomic E-state index is -1.28. The molecule has 0 radical (unpaired) electrons. The topological polar surface area (TPSA) is 54.0 Å². The minimum absolute atomic E-state index is 0.0728. The summed E-state index contributed by atoms with van der Waals surface area (Å²) in [7, 11) is 0. The lowest BCUT2D eigenvalue weighted by atomic mass is 9.92. The molecule has 0 N–H and O–H groups in total. The molecule has 166 valence electrons. The lowest BCUT2D eigenvalue weighted by Gasteiger charge is -2.37. The summed E-state index contributed by atoms with van der Waals surface area (Å²) in [6, 6.07) is 27.8. The standard InChI is InChI=1S/C28H24O5/c29-27-21-13-7-8-14-23(21)31-26-17-28(30-18-22(26)27)32-24(15-19-9-3-1-4-10-19)25(33-28)16-20-11-5-2-6-12-20/h1-14,18,24-26H,15-17H2/t24-,25-,26+/m0/s1. The molecule has 3 aromatic rings.